The van der Waals surface area contributed by atoms with Crippen molar-refractivity contribution in [3.8, 4) is 22.6 Å². The third-order valence-corrected chi connectivity index (χ3v) is 3.87. The largest absolute Gasteiger partial charge is 0.496 e. The van der Waals surface area contributed by atoms with E-state index in [2.05, 4.69) is 0 Å². The Hall–Kier alpha value is -3.27. The third kappa shape index (κ3) is 3.80. The number of aromatic carboxylic acids is 1. The van der Waals surface area contributed by atoms with Crippen LogP contribution >= 0.6 is 0 Å². The maximum atomic E-state index is 11.4. The van der Waals surface area contributed by atoms with Crippen molar-refractivity contribution in [1.82, 2.24) is 0 Å². The number of methoxy groups -OCH3 is 1. The highest BCUT2D eigenvalue weighted by atomic mass is 16.5. The molecule has 0 radical (unpaired) electrons. The second kappa shape index (κ2) is 7.53. The van der Waals surface area contributed by atoms with E-state index in [1.54, 1.807) is 12.1 Å². The van der Waals surface area contributed by atoms with Crippen LogP contribution in [-0.4, -0.2) is 18.2 Å². The predicted molar refractivity (Wildman–Crippen MR) is 96.2 cm³/mol. The van der Waals surface area contributed by atoms with E-state index in [4.69, 9.17) is 9.47 Å². The molecule has 0 aliphatic rings. The van der Waals surface area contributed by atoms with Gasteiger partial charge in [0.2, 0.25) is 0 Å². The molecule has 0 aliphatic carbocycles. The van der Waals surface area contributed by atoms with Crippen LogP contribution in [0, 0.1) is 0 Å². The highest BCUT2D eigenvalue weighted by Gasteiger charge is 2.14. The Balaban J connectivity index is 1.93. The molecular weight excluding hydrogens is 316 g/mol. The Labute approximate surface area is 146 Å². The molecule has 0 aromatic heterocycles. The molecule has 0 saturated carbocycles. The van der Waals surface area contributed by atoms with Crippen molar-refractivity contribution < 1.29 is 19.4 Å². The molecule has 1 N–H and O–H groups in total. The van der Waals surface area contributed by atoms with E-state index in [-0.39, 0.29) is 5.56 Å². The Morgan fingerprint density at radius 2 is 1.64 bits per heavy atom. The van der Waals surface area contributed by atoms with E-state index in [0.717, 1.165) is 16.7 Å². The molecule has 3 rings (SSSR count). The Morgan fingerprint density at radius 3 is 2.36 bits per heavy atom. The summed E-state index contributed by atoms with van der Waals surface area (Å²) in [5, 5.41) is 9.38. The van der Waals surface area contributed by atoms with Crippen molar-refractivity contribution in [1.29, 1.82) is 0 Å². The summed E-state index contributed by atoms with van der Waals surface area (Å²) in [6, 6.07) is 22.6. The van der Waals surface area contributed by atoms with Crippen LogP contribution in [-0.2, 0) is 6.61 Å². The van der Waals surface area contributed by atoms with Gasteiger partial charge in [-0.25, -0.2) is 4.79 Å². The molecule has 0 heterocycles. The molecular formula is C21H18O4. The molecule has 0 atom stereocenters. The number of para-hydroxylation sites is 1. The fraction of sp³-hybridized carbons (Fsp3) is 0.0952. The normalized spacial score (nSPS) is 10.3. The van der Waals surface area contributed by atoms with Crippen molar-refractivity contribution in [2.75, 3.05) is 7.11 Å². The number of carboxylic acids is 1. The lowest BCUT2D eigenvalue weighted by Crippen LogP contribution is -2.01. The standard InChI is InChI=1S/C21H18O4/c1-24-19-12-11-16(13-18(19)21(22)23)17-9-5-6-10-20(17)25-14-15-7-3-2-4-8-15/h2-13H,14H2,1H3,(H,22,23). The molecule has 4 nitrogen and oxygen atoms in total. The molecule has 25 heavy (non-hydrogen) atoms. The summed E-state index contributed by atoms with van der Waals surface area (Å²) in [4.78, 5) is 11.4. The molecule has 0 aliphatic heterocycles. The minimum Gasteiger partial charge on any atom is -0.496 e. The minimum absolute atomic E-state index is 0.123. The number of hydrogen-bond donors (Lipinski definition) is 1. The molecule has 0 bridgehead atoms. The minimum atomic E-state index is -1.03. The van der Waals surface area contributed by atoms with Crippen LogP contribution in [0.5, 0.6) is 11.5 Å². The molecule has 0 saturated heterocycles. The van der Waals surface area contributed by atoms with Crippen LogP contribution in [0.3, 0.4) is 0 Å². The lowest BCUT2D eigenvalue weighted by atomic mass is 10.0. The van der Waals surface area contributed by atoms with Crippen LogP contribution in [0.2, 0.25) is 0 Å². The van der Waals surface area contributed by atoms with Crippen molar-refractivity contribution in [3.63, 3.8) is 0 Å². The fourth-order valence-corrected chi connectivity index (χ4v) is 2.61. The van der Waals surface area contributed by atoms with Gasteiger partial charge in [0, 0.05) is 5.56 Å². The number of carbonyl (C=O) groups is 1. The van der Waals surface area contributed by atoms with E-state index >= 15 is 0 Å². The van der Waals surface area contributed by atoms with Crippen molar-refractivity contribution in [2.24, 2.45) is 0 Å². The van der Waals surface area contributed by atoms with Gasteiger partial charge in [-0.1, -0.05) is 54.6 Å². The second-order valence-corrected chi connectivity index (χ2v) is 5.49. The summed E-state index contributed by atoms with van der Waals surface area (Å²) in [5.41, 5.74) is 2.79. The summed E-state index contributed by atoms with van der Waals surface area (Å²) >= 11 is 0. The first-order valence-corrected chi connectivity index (χ1v) is 7.86. The first-order valence-electron chi connectivity index (χ1n) is 7.86. The Morgan fingerprint density at radius 1 is 0.920 bits per heavy atom. The topological polar surface area (TPSA) is 55.8 Å². The zero-order valence-electron chi connectivity index (χ0n) is 13.8. The van der Waals surface area contributed by atoms with E-state index in [0.29, 0.717) is 18.1 Å². The van der Waals surface area contributed by atoms with Crippen LogP contribution in [0.25, 0.3) is 11.1 Å². The van der Waals surface area contributed by atoms with Gasteiger partial charge in [-0.2, -0.15) is 0 Å². The Kier molecular flexibility index (Phi) is 5.00. The first-order chi connectivity index (χ1) is 12.2. The maximum Gasteiger partial charge on any atom is 0.339 e. The summed E-state index contributed by atoms with van der Waals surface area (Å²) < 4.78 is 11.1. The fourth-order valence-electron chi connectivity index (χ4n) is 2.61. The highest BCUT2D eigenvalue weighted by Crippen LogP contribution is 2.33. The van der Waals surface area contributed by atoms with Gasteiger partial charge < -0.3 is 14.6 Å². The third-order valence-electron chi connectivity index (χ3n) is 3.87. The number of rotatable bonds is 6. The van der Waals surface area contributed by atoms with E-state index in [9.17, 15) is 9.90 Å². The summed E-state index contributed by atoms with van der Waals surface area (Å²) in [7, 11) is 1.46. The zero-order valence-corrected chi connectivity index (χ0v) is 13.8. The number of benzene rings is 3. The SMILES string of the molecule is COc1ccc(-c2ccccc2OCc2ccccc2)cc1C(=O)O. The van der Waals surface area contributed by atoms with Gasteiger partial charge in [-0.05, 0) is 29.3 Å². The molecule has 3 aromatic carbocycles. The monoisotopic (exact) mass is 334 g/mol. The number of hydrogen-bond acceptors (Lipinski definition) is 3. The van der Waals surface area contributed by atoms with Gasteiger partial charge in [-0.15, -0.1) is 0 Å². The van der Waals surface area contributed by atoms with Gasteiger partial charge in [-0.3, -0.25) is 0 Å². The molecule has 0 fully saturated rings. The van der Waals surface area contributed by atoms with Crippen LogP contribution < -0.4 is 9.47 Å². The average Bonchev–Trinajstić information content (AvgIpc) is 2.67. The van der Waals surface area contributed by atoms with Gasteiger partial charge >= 0.3 is 5.97 Å². The summed E-state index contributed by atoms with van der Waals surface area (Å²) in [6.45, 7) is 0.444. The van der Waals surface area contributed by atoms with Crippen LogP contribution in [0.4, 0.5) is 0 Å². The quantitative estimate of drug-likeness (QED) is 0.713. The average molecular weight is 334 g/mol. The molecule has 4 heteroatoms. The molecule has 126 valence electrons. The number of carboxylic acid groups (broad SMARTS) is 1. The van der Waals surface area contributed by atoms with Gasteiger partial charge in [0.15, 0.2) is 0 Å². The highest BCUT2D eigenvalue weighted by molar-refractivity contribution is 5.93. The van der Waals surface area contributed by atoms with Gasteiger partial charge in [0.05, 0.1) is 7.11 Å². The van der Waals surface area contributed by atoms with Crippen molar-refractivity contribution in [2.45, 2.75) is 6.61 Å². The lowest BCUT2D eigenvalue weighted by molar-refractivity contribution is 0.0693. The number of ether oxygens (including phenoxy) is 2. The molecule has 3 aromatic rings. The lowest BCUT2D eigenvalue weighted by Gasteiger charge is -2.13. The summed E-state index contributed by atoms with van der Waals surface area (Å²) in [6.07, 6.45) is 0. The smallest absolute Gasteiger partial charge is 0.339 e. The molecule has 0 unspecified atom stereocenters. The molecule has 0 spiro atoms. The van der Waals surface area contributed by atoms with Crippen molar-refractivity contribution in [3.05, 3.63) is 83.9 Å². The van der Waals surface area contributed by atoms with Gasteiger partial charge in [0.25, 0.3) is 0 Å². The molecule has 0 amide bonds. The van der Waals surface area contributed by atoms with Crippen LogP contribution in [0.15, 0.2) is 72.8 Å². The van der Waals surface area contributed by atoms with Crippen LogP contribution in [0.1, 0.15) is 15.9 Å². The van der Waals surface area contributed by atoms with Crippen molar-refractivity contribution >= 4 is 5.97 Å². The summed E-state index contributed by atoms with van der Waals surface area (Å²) in [5.74, 6) is 0.00757. The maximum absolute atomic E-state index is 11.4. The van der Waals surface area contributed by atoms with E-state index in [1.807, 2.05) is 60.7 Å². The van der Waals surface area contributed by atoms with E-state index in [1.165, 1.54) is 7.11 Å². The first kappa shape index (κ1) is 16.6. The second-order valence-electron chi connectivity index (χ2n) is 5.49. The zero-order chi connectivity index (χ0) is 17.6. The predicted octanol–water partition coefficient (Wildman–Crippen LogP) is 4.64. The van der Waals surface area contributed by atoms with Gasteiger partial charge in [0.1, 0.15) is 23.7 Å². The van der Waals surface area contributed by atoms with E-state index < -0.39 is 5.97 Å². The Bertz CT molecular complexity index is 872.